The highest BCUT2D eigenvalue weighted by atomic mass is 32.1. The highest BCUT2D eigenvalue weighted by Crippen LogP contribution is 1.99. The van der Waals surface area contributed by atoms with Crippen LogP contribution in [0.3, 0.4) is 0 Å². The molecule has 0 radical (unpaired) electrons. The third-order valence-electron chi connectivity index (χ3n) is 2.05. The molecule has 0 aliphatic carbocycles. The van der Waals surface area contributed by atoms with Crippen LogP contribution in [-0.2, 0) is 0 Å². The molecule has 0 N–H and O–H groups in total. The van der Waals surface area contributed by atoms with Gasteiger partial charge in [-0.1, -0.05) is 6.07 Å². The number of aromatic nitrogens is 2. The van der Waals surface area contributed by atoms with Gasteiger partial charge in [-0.25, -0.2) is 4.68 Å². The monoisotopic (exact) mass is 232 g/mol. The Morgan fingerprint density at radius 2 is 2.38 bits per heavy atom. The standard InChI is InChI=1S/C11H12N4S/c1-9-8-16-11(12-2)15(9)14-7-10-4-3-5-13-6-10/h3-8H,1-2H3. The zero-order chi connectivity index (χ0) is 11.4. The molecule has 5 heteroatoms. The molecular weight excluding hydrogens is 220 g/mol. The molecule has 0 amide bonds. The van der Waals surface area contributed by atoms with Gasteiger partial charge < -0.3 is 0 Å². The zero-order valence-corrected chi connectivity index (χ0v) is 9.98. The Labute approximate surface area is 97.6 Å². The second-order valence-electron chi connectivity index (χ2n) is 3.23. The van der Waals surface area contributed by atoms with Crippen molar-refractivity contribution in [3.63, 3.8) is 0 Å². The van der Waals surface area contributed by atoms with Gasteiger partial charge in [0.25, 0.3) is 0 Å². The molecule has 4 nitrogen and oxygen atoms in total. The van der Waals surface area contributed by atoms with Crippen LogP contribution in [0.4, 0.5) is 0 Å². The Bertz CT molecular complexity index is 551. The summed E-state index contributed by atoms with van der Waals surface area (Å²) < 4.78 is 1.82. The molecule has 0 bridgehead atoms. The minimum atomic E-state index is 0.887. The number of pyridine rings is 1. The number of thiazole rings is 1. The summed E-state index contributed by atoms with van der Waals surface area (Å²) in [6.45, 7) is 2.01. The van der Waals surface area contributed by atoms with Crippen molar-refractivity contribution in [1.29, 1.82) is 0 Å². The van der Waals surface area contributed by atoms with Gasteiger partial charge in [-0.15, -0.1) is 11.3 Å². The highest BCUT2D eigenvalue weighted by molar-refractivity contribution is 7.07. The molecule has 2 aromatic heterocycles. The minimum absolute atomic E-state index is 0.887. The van der Waals surface area contributed by atoms with Crippen molar-refractivity contribution in [2.75, 3.05) is 7.05 Å². The molecule has 0 aliphatic heterocycles. The molecular formula is C11H12N4S. The number of aryl methyl sites for hydroxylation is 1. The molecule has 0 saturated carbocycles. The predicted molar refractivity (Wildman–Crippen MR) is 65.8 cm³/mol. The Morgan fingerprint density at radius 3 is 3.06 bits per heavy atom. The zero-order valence-electron chi connectivity index (χ0n) is 9.16. The van der Waals surface area contributed by atoms with Crippen LogP contribution >= 0.6 is 11.3 Å². The van der Waals surface area contributed by atoms with E-state index < -0.39 is 0 Å². The van der Waals surface area contributed by atoms with Crippen molar-refractivity contribution in [3.05, 3.63) is 46.0 Å². The summed E-state index contributed by atoms with van der Waals surface area (Å²) in [7, 11) is 1.77. The van der Waals surface area contributed by atoms with E-state index in [-0.39, 0.29) is 0 Å². The van der Waals surface area contributed by atoms with Gasteiger partial charge in [0.1, 0.15) is 0 Å². The van der Waals surface area contributed by atoms with Gasteiger partial charge in [-0.2, -0.15) is 5.10 Å². The van der Waals surface area contributed by atoms with E-state index in [9.17, 15) is 0 Å². The van der Waals surface area contributed by atoms with Crippen LogP contribution in [0, 0.1) is 6.92 Å². The molecule has 0 aliphatic rings. The number of hydrogen-bond donors (Lipinski definition) is 0. The fourth-order valence-electron chi connectivity index (χ4n) is 1.25. The quantitative estimate of drug-likeness (QED) is 0.726. The lowest BCUT2D eigenvalue weighted by Crippen LogP contribution is -2.11. The molecule has 2 aromatic rings. The summed E-state index contributed by atoms with van der Waals surface area (Å²) in [6.07, 6.45) is 5.29. The second kappa shape index (κ2) is 4.85. The number of hydrogen-bond acceptors (Lipinski definition) is 4. The van der Waals surface area contributed by atoms with E-state index in [2.05, 4.69) is 15.1 Å². The van der Waals surface area contributed by atoms with Gasteiger partial charge in [0, 0.05) is 30.4 Å². The summed E-state index contributed by atoms with van der Waals surface area (Å²) in [5.41, 5.74) is 2.05. The van der Waals surface area contributed by atoms with Crippen LogP contribution in [0.1, 0.15) is 11.3 Å². The molecule has 0 saturated heterocycles. The van der Waals surface area contributed by atoms with E-state index >= 15 is 0 Å². The predicted octanol–water partition coefficient (Wildman–Crippen LogP) is 1.67. The normalized spacial score (nSPS) is 12.5. The molecule has 82 valence electrons. The van der Waals surface area contributed by atoms with E-state index in [0.717, 1.165) is 16.1 Å². The second-order valence-corrected chi connectivity index (χ2v) is 4.06. The summed E-state index contributed by atoms with van der Waals surface area (Å²) in [5, 5.41) is 6.41. The topological polar surface area (TPSA) is 42.5 Å². The van der Waals surface area contributed by atoms with Gasteiger partial charge in [0.2, 0.25) is 4.80 Å². The third kappa shape index (κ3) is 2.25. The summed E-state index contributed by atoms with van der Waals surface area (Å²) >= 11 is 1.58. The average Bonchev–Trinajstić information content (AvgIpc) is 2.69. The van der Waals surface area contributed by atoms with Crippen LogP contribution in [0.25, 0.3) is 0 Å². The van der Waals surface area contributed by atoms with E-state index in [4.69, 9.17) is 0 Å². The fourth-order valence-corrected chi connectivity index (χ4v) is 2.03. The fraction of sp³-hybridized carbons (Fsp3) is 0.182. The SMILES string of the molecule is CN=c1scc(C)n1N=Cc1cccnc1. The molecule has 0 aromatic carbocycles. The Hall–Kier alpha value is -1.75. The molecule has 0 atom stereocenters. The maximum absolute atomic E-state index is 4.38. The van der Waals surface area contributed by atoms with Gasteiger partial charge in [0.15, 0.2) is 0 Å². The van der Waals surface area contributed by atoms with Crippen molar-refractivity contribution >= 4 is 17.6 Å². The molecule has 16 heavy (non-hydrogen) atoms. The first-order valence-electron chi connectivity index (χ1n) is 4.85. The Balaban J connectivity index is 2.34. The van der Waals surface area contributed by atoms with Gasteiger partial charge in [-0.05, 0) is 13.0 Å². The van der Waals surface area contributed by atoms with Crippen molar-refractivity contribution in [2.24, 2.45) is 10.1 Å². The van der Waals surface area contributed by atoms with Crippen molar-refractivity contribution < 1.29 is 0 Å². The lowest BCUT2D eigenvalue weighted by atomic mass is 10.3. The third-order valence-corrected chi connectivity index (χ3v) is 3.07. The van der Waals surface area contributed by atoms with E-state index in [1.54, 1.807) is 37.0 Å². The number of nitrogens with zero attached hydrogens (tertiary/aromatic N) is 4. The highest BCUT2D eigenvalue weighted by Gasteiger charge is 1.97. The molecule has 0 unspecified atom stereocenters. The summed E-state index contributed by atoms with van der Waals surface area (Å²) in [6, 6.07) is 3.85. The molecule has 2 heterocycles. The maximum Gasteiger partial charge on any atom is 0.205 e. The van der Waals surface area contributed by atoms with Crippen molar-refractivity contribution in [1.82, 2.24) is 9.66 Å². The van der Waals surface area contributed by atoms with Crippen LogP contribution in [-0.4, -0.2) is 22.9 Å². The van der Waals surface area contributed by atoms with Gasteiger partial charge in [0.05, 0.1) is 11.9 Å². The largest absolute Gasteiger partial charge is 0.264 e. The summed E-state index contributed by atoms with van der Waals surface area (Å²) in [4.78, 5) is 9.07. The van der Waals surface area contributed by atoms with Crippen molar-refractivity contribution in [2.45, 2.75) is 6.92 Å². The molecule has 2 rings (SSSR count). The average molecular weight is 232 g/mol. The van der Waals surface area contributed by atoms with E-state index in [1.807, 2.05) is 29.1 Å². The first-order valence-corrected chi connectivity index (χ1v) is 5.73. The van der Waals surface area contributed by atoms with Crippen LogP contribution < -0.4 is 4.80 Å². The number of rotatable bonds is 2. The van der Waals surface area contributed by atoms with E-state index in [0.29, 0.717) is 0 Å². The maximum atomic E-state index is 4.38. The van der Waals surface area contributed by atoms with Gasteiger partial charge >= 0.3 is 0 Å². The molecule has 0 spiro atoms. The summed E-state index contributed by atoms with van der Waals surface area (Å²) in [5.74, 6) is 0. The van der Waals surface area contributed by atoms with Crippen LogP contribution in [0.15, 0.2) is 40.0 Å². The Morgan fingerprint density at radius 1 is 1.50 bits per heavy atom. The smallest absolute Gasteiger partial charge is 0.205 e. The molecule has 0 fully saturated rings. The lowest BCUT2D eigenvalue weighted by molar-refractivity contribution is 0.805. The van der Waals surface area contributed by atoms with Crippen LogP contribution in [0.2, 0.25) is 0 Å². The minimum Gasteiger partial charge on any atom is -0.264 e. The van der Waals surface area contributed by atoms with Crippen LogP contribution in [0.5, 0.6) is 0 Å². The first-order chi connectivity index (χ1) is 7.81. The van der Waals surface area contributed by atoms with Crippen molar-refractivity contribution in [3.8, 4) is 0 Å². The van der Waals surface area contributed by atoms with E-state index in [1.165, 1.54) is 0 Å². The Kier molecular flexibility index (Phi) is 3.26. The first kappa shape index (κ1) is 10.8. The van der Waals surface area contributed by atoms with Gasteiger partial charge in [-0.3, -0.25) is 9.98 Å². The lowest BCUT2D eigenvalue weighted by Gasteiger charge is -1.96.